The largest absolute Gasteiger partial charge is 0.469 e. The van der Waals surface area contributed by atoms with E-state index in [4.69, 9.17) is 4.74 Å². The van der Waals surface area contributed by atoms with Gasteiger partial charge in [-0.05, 0) is 50.4 Å². The fraction of sp³-hybridized carbons (Fsp3) is 0.875. The Morgan fingerprint density at radius 2 is 1.95 bits per heavy atom. The van der Waals surface area contributed by atoms with Crippen LogP contribution in [-0.4, -0.2) is 46.7 Å². The van der Waals surface area contributed by atoms with Crippen LogP contribution in [0.3, 0.4) is 0 Å². The fourth-order valence-electron chi connectivity index (χ4n) is 5.97. The highest BCUT2D eigenvalue weighted by Gasteiger charge is 2.61. The van der Waals surface area contributed by atoms with Gasteiger partial charge in [-0.25, -0.2) is 0 Å². The van der Waals surface area contributed by atoms with Gasteiger partial charge in [0.1, 0.15) is 0 Å². The number of esters is 1. The minimum absolute atomic E-state index is 0.0657. The van der Waals surface area contributed by atoms with Gasteiger partial charge in [-0.15, -0.1) is 0 Å². The van der Waals surface area contributed by atoms with Gasteiger partial charge >= 0.3 is 5.97 Å². The van der Waals surface area contributed by atoms with Crippen LogP contribution in [0.4, 0.5) is 0 Å². The summed E-state index contributed by atoms with van der Waals surface area (Å²) < 4.78 is 4.80. The number of amides is 1. The van der Waals surface area contributed by atoms with Crippen LogP contribution in [0.1, 0.15) is 44.9 Å². The lowest BCUT2D eigenvalue weighted by atomic mass is 9.50. The first-order valence-electron chi connectivity index (χ1n) is 8.04. The summed E-state index contributed by atoms with van der Waals surface area (Å²) in [7, 11) is 1.38. The predicted octanol–water partition coefficient (Wildman–Crippen LogP) is 1.09. The first-order chi connectivity index (χ1) is 9.93. The number of methoxy groups -OCH3 is 1. The first kappa shape index (κ1) is 13.6. The summed E-state index contributed by atoms with van der Waals surface area (Å²) in [6, 6.07) is 0. The molecule has 4 saturated carbocycles. The monoisotopic (exact) mass is 293 g/mol. The Balaban J connectivity index is 1.61. The van der Waals surface area contributed by atoms with Gasteiger partial charge in [0.05, 0.1) is 18.6 Å². The van der Waals surface area contributed by atoms with Crippen LogP contribution in [0.25, 0.3) is 0 Å². The van der Waals surface area contributed by atoms with Crippen molar-refractivity contribution in [2.45, 2.75) is 56.1 Å². The summed E-state index contributed by atoms with van der Waals surface area (Å²) in [6.07, 6.45) is 5.97. The molecule has 0 aromatic carbocycles. The molecule has 4 aliphatic carbocycles. The van der Waals surface area contributed by atoms with Crippen LogP contribution in [0, 0.1) is 17.8 Å². The van der Waals surface area contributed by atoms with E-state index in [9.17, 15) is 14.7 Å². The molecule has 5 rings (SSSR count). The zero-order valence-electron chi connectivity index (χ0n) is 12.5. The van der Waals surface area contributed by atoms with Crippen LogP contribution >= 0.6 is 0 Å². The van der Waals surface area contributed by atoms with Crippen molar-refractivity contribution in [2.24, 2.45) is 17.8 Å². The number of hydrogen-bond donors (Lipinski definition) is 1. The summed E-state index contributed by atoms with van der Waals surface area (Å²) >= 11 is 0. The lowest BCUT2D eigenvalue weighted by Crippen LogP contribution is -2.65. The van der Waals surface area contributed by atoms with Crippen LogP contribution < -0.4 is 0 Å². The Bertz CT molecular complexity index is 489. The number of nitrogens with zero attached hydrogens (tertiary/aromatic N) is 1. The van der Waals surface area contributed by atoms with Crippen molar-refractivity contribution < 1.29 is 19.4 Å². The lowest BCUT2D eigenvalue weighted by Gasteiger charge is -2.62. The summed E-state index contributed by atoms with van der Waals surface area (Å²) in [5.74, 6) is 0.540. The van der Waals surface area contributed by atoms with E-state index in [0.29, 0.717) is 24.8 Å². The Labute approximate surface area is 124 Å². The van der Waals surface area contributed by atoms with Crippen LogP contribution in [0.5, 0.6) is 0 Å². The number of rotatable bonds is 2. The highest BCUT2D eigenvalue weighted by Crippen LogP contribution is 2.60. The number of carbonyl (C=O) groups excluding carboxylic acids is 2. The number of aliphatic hydroxyl groups is 1. The summed E-state index contributed by atoms with van der Waals surface area (Å²) in [5.41, 5.74) is -0.771. The third-order valence-corrected chi connectivity index (χ3v) is 6.23. The maximum absolute atomic E-state index is 12.5. The van der Waals surface area contributed by atoms with Gasteiger partial charge in [0, 0.05) is 18.5 Å². The van der Waals surface area contributed by atoms with Gasteiger partial charge in [0.15, 0.2) is 0 Å². The van der Waals surface area contributed by atoms with Crippen LogP contribution in [0.15, 0.2) is 0 Å². The van der Waals surface area contributed by atoms with Gasteiger partial charge in [-0.2, -0.15) is 0 Å². The molecule has 5 fully saturated rings. The maximum atomic E-state index is 12.5. The topological polar surface area (TPSA) is 66.8 Å². The van der Waals surface area contributed by atoms with Crippen molar-refractivity contribution in [1.29, 1.82) is 0 Å². The molecule has 5 aliphatic rings. The molecule has 5 heteroatoms. The minimum atomic E-state index is -0.576. The predicted molar refractivity (Wildman–Crippen MR) is 74.2 cm³/mol. The van der Waals surface area contributed by atoms with Crippen molar-refractivity contribution >= 4 is 11.9 Å². The summed E-state index contributed by atoms with van der Waals surface area (Å²) in [6.45, 7) is 0.473. The molecule has 116 valence electrons. The minimum Gasteiger partial charge on any atom is -0.469 e. The van der Waals surface area contributed by atoms with E-state index in [1.54, 1.807) is 0 Å². The van der Waals surface area contributed by atoms with Crippen molar-refractivity contribution in [3.63, 3.8) is 0 Å². The molecular weight excluding hydrogens is 270 g/mol. The highest BCUT2D eigenvalue weighted by molar-refractivity contribution is 5.87. The summed E-state index contributed by atoms with van der Waals surface area (Å²) in [4.78, 5) is 26.1. The molecule has 3 unspecified atom stereocenters. The average Bonchev–Trinajstić information content (AvgIpc) is 2.78. The molecule has 1 saturated heterocycles. The van der Waals surface area contributed by atoms with Gasteiger partial charge in [-0.3, -0.25) is 9.59 Å². The third kappa shape index (κ3) is 1.93. The Kier molecular flexibility index (Phi) is 2.72. The zero-order valence-corrected chi connectivity index (χ0v) is 12.5. The molecule has 4 bridgehead atoms. The molecule has 0 spiro atoms. The number of likely N-dealkylation sites (tertiary alicyclic amines) is 1. The van der Waals surface area contributed by atoms with E-state index in [0.717, 1.165) is 25.7 Å². The van der Waals surface area contributed by atoms with E-state index in [2.05, 4.69) is 0 Å². The average molecular weight is 293 g/mol. The molecule has 1 heterocycles. The van der Waals surface area contributed by atoms with E-state index >= 15 is 0 Å². The lowest BCUT2D eigenvalue weighted by molar-refractivity contribution is -0.179. The standard InChI is InChI=1S/C16H23NO4/c1-21-14(19)12-3-13(18)17(8-12)15-4-10-2-11(5-15)7-16(20,6-10)9-15/h10-12,20H,2-9H2,1H3. The van der Waals surface area contributed by atoms with Gasteiger partial charge < -0.3 is 14.7 Å². The fourth-order valence-corrected chi connectivity index (χ4v) is 5.97. The second-order valence-corrected chi connectivity index (χ2v) is 7.84. The molecule has 1 aliphatic heterocycles. The Morgan fingerprint density at radius 1 is 1.29 bits per heavy atom. The highest BCUT2D eigenvalue weighted by atomic mass is 16.5. The quantitative estimate of drug-likeness (QED) is 0.774. The van der Waals surface area contributed by atoms with Crippen LogP contribution in [-0.2, 0) is 14.3 Å². The maximum Gasteiger partial charge on any atom is 0.310 e. The normalized spacial score (nSPS) is 48.0. The molecule has 3 atom stereocenters. The van der Waals surface area contributed by atoms with E-state index < -0.39 is 5.60 Å². The van der Waals surface area contributed by atoms with Gasteiger partial charge in [0.2, 0.25) is 5.91 Å². The Hall–Kier alpha value is -1.10. The van der Waals surface area contributed by atoms with Crippen molar-refractivity contribution in [3.05, 3.63) is 0 Å². The van der Waals surface area contributed by atoms with Crippen LogP contribution in [0.2, 0.25) is 0 Å². The van der Waals surface area contributed by atoms with Gasteiger partial charge in [0.25, 0.3) is 0 Å². The molecule has 0 radical (unpaired) electrons. The number of ether oxygens (including phenoxy) is 1. The zero-order chi connectivity index (χ0) is 14.8. The number of hydrogen-bond acceptors (Lipinski definition) is 4. The molecule has 21 heavy (non-hydrogen) atoms. The van der Waals surface area contributed by atoms with Crippen molar-refractivity contribution in [1.82, 2.24) is 4.90 Å². The van der Waals surface area contributed by atoms with E-state index in [1.807, 2.05) is 4.90 Å². The van der Waals surface area contributed by atoms with Crippen molar-refractivity contribution in [2.75, 3.05) is 13.7 Å². The van der Waals surface area contributed by atoms with E-state index in [1.165, 1.54) is 13.5 Å². The SMILES string of the molecule is COC(=O)C1CC(=O)N(C23CC4CC(CC(O)(C4)C2)C3)C1. The third-order valence-electron chi connectivity index (χ3n) is 6.23. The molecule has 0 aromatic heterocycles. The Morgan fingerprint density at radius 3 is 2.52 bits per heavy atom. The molecule has 5 nitrogen and oxygen atoms in total. The second-order valence-electron chi connectivity index (χ2n) is 7.84. The van der Waals surface area contributed by atoms with Gasteiger partial charge in [-0.1, -0.05) is 0 Å². The first-order valence-corrected chi connectivity index (χ1v) is 8.04. The van der Waals surface area contributed by atoms with E-state index in [-0.39, 0.29) is 29.8 Å². The molecule has 0 aromatic rings. The summed E-state index contributed by atoms with van der Waals surface area (Å²) in [5, 5.41) is 10.8. The molecule has 1 N–H and O–H groups in total. The number of carbonyl (C=O) groups is 2. The second kappa shape index (κ2) is 4.22. The molecular formula is C16H23NO4. The smallest absolute Gasteiger partial charge is 0.310 e. The van der Waals surface area contributed by atoms with Crippen molar-refractivity contribution in [3.8, 4) is 0 Å². The molecule has 1 amide bonds.